The molecule has 5 rings (SSSR count). The number of hydrogen-bond donors (Lipinski definition) is 0. The summed E-state index contributed by atoms with van der Waals surface area (Å²) in [6.45, 7) is 6.02. The number of carbonyl (C=O) groups is 1. The third kappa shape index (κ3) is 3.99. The zero-order valence-corrected chi connectivity index (χ0v) is 17.7. The first kappa shape index (κ1) is 19.6. The number of amides is 1. The van der Waals surface area contributed by atoms with Gasteiger partial charge in [0.05, 0.1) is 5.69 Å². The molecule has 0 saturated carbocycles. The molecule has 1 amide bonds. The highest BCUT2D eigenvalue weighted by Crippen LogP contribution is 2.27. The molecule has 1 aromatic carbocycles. The van der Waals surface area contributed by atoms with Crippen molar-refractivity contribution in [2.75, 3.05) is 26.2 Å². The maximum absolute atomic E-state index is 12.8. The molecule has 0 bridgehead atoms. The first-order chi connectivity index (χ1) is 15.2. The van der Waals surface area contributed by atoms with E-state index >= 15 is 0 Å². The summed E-state index contributed by atoms with van der Waals surface area (Å²) in [5.74, 6) is 0.974. The van der Waals surface area contributed by atoms with Crippen LogP contribution in [0, 0.1) is 0 Å². The molecule has 31 heavy (non-hydrogen) atoms. The molecule has 0 aliphatic carbocycles. The molecule has 1 aliphatic heterocycles. The van der Waals surface area contributed by atoms with E-state index in [0.717, 1.165) is 72.8 Å². The van der Waals surface area contributed by atoms with Gasteiger partial charge in [0, 0.05) is 68.6 Å². The number of carbonyl (C=O) groups excluding carboxylic acids is 1. The summed E-state index contributed by atoms with van der Waals surface area (Å²) in [4.78, 5) is 21.7. The van der Waals surface area contributed by atoms with Gasteiger partial charge in [-0.3, -0.25) is 9.69 Å². The van der Waals surface area contributed by atoms with Crippen LogP contribution in [0.2, 0.25) is 0 Å². The van der Waals surface area contributed by atoms with Crippen LogP contribution in [0.15, 0.2) is 65.4 Å². The maximum Gasteiger partial charge on any atom is 0.246 e. The first-order valence-corrected chi connectivity index (χ1v) is 10.8. The number of fused-ring (bicyclic) bond motifs is 2. The van der Waals surface area contributed by atoms with Crippen LogP contribution in [0.3, 0.4) is 0 Å². The second-order valence-electron chi connectivity index (χ2n) is 7.92. The number of aryl methyl sites for hydroxylation is 1. The van der Waals surface area contributed by atoms with Crippen molar-refractivity contribution in [3.8, 4) is 0 Å². The van der Waals surface area contributed by atoms with Gasteiger partial charge in [0.2, 0.25) is 5.91 Å². The fraction of sp³-hybridized carbons (Fsp3) is 0.280. The molecule has 6 nitrogen and oxygen atoms in total. The smallest absolute Gasteiger partial charge is 0.246 e. The Bertz CT molecular complexity index is 1210. The molecule has 1 saturated heterocycles. The van der Waals surface area contributed by atoms with Crippen molar-refractivity contribution in [3.05, 3.63) is 78.0 Å². The van der Waals surface area contributed by atoms with Crippen LogP contribution in [0.4, 0.5) is 0 Å². The fourth-order valence-corrected chi connectivity index (χ4v) is 4.24. The number of rotatable bonds is 5. The highest BCUT2D eigenvalue weighted by molar-refractivity contribution is 5.96. The van der Waals surface area contributed by atoms with Crippen LogP contribution in [0.5, 0.6) is 0 Å². The van der Waals surface area contributed by atoms with Gasteiger partial charge >= 0.3 is 0 Å². The summed E-state index contributed by atoms with van der Waals surface area (Å²) in [6.07, 6.45) is 8.49. The van der Waals surface area contributed by atoms with E-state index in [1.54, 1.807) is 6.08 Å². The lowest BCUT2D eigenvalue weighted by atomic mass is 10.1. The molecule has 4 heterocycles. The summed E-state index contributed by atoms with van der Waals surface area (Å²) in [6, 6.07) is 14.0. The van der Waals surface area contributed by atoms with Gasteiger partial charge in [-0.05, 0) is 24.3 Å². The van der Waals surface area contributed by atoms with Gasteiger partial charge in [-0.25, -0.2) is 4.98 Å². The lowest BCUT2D eigenvalue weighted by molar-refractivity contribution is -0.127. The van der Waals surface area contributed by atoms with Gasteiger partial charge in [-0.2, -0.15) is 0 Å². The Morgan fingerprint density at radius 1 is 1.10 bits per heavy atom. The lowest BCUT2D eigenvalue weighted by Crippen LogP contribution is -2.47. The van der Waals surface area contributed by atoms with Gasteiger partial charge in [-0.15, -0.1) is 0 Å². The number of nitrogens with zero attached hydrogens (tertiary/aromatic N) is 4. The molecule has 3 aromatic heterocycles. The average molecular weight is 415 g/mol. The third-order valence-electron chi connectivity index (χ3n) is 5.91. The van der Waals surface area contributed by atoms with E-state index in [-0.39, 0.29) is 5.91 Å². The highest BCUT2D eigenvalue weighted by atomic mass is 16.3. The molecular formula is C25H26N4O2. The lowest BCUT2D eigenvalue weighted by Gasteiger charge is -2.33. The van der Waals surface area contributed by atoms with Crippen LogP contribution in [-0.4, -0.2) is 51.3 Å². The van der Waals surface area contributed by atoms with E-state index in [4.69, 9.17) is 4.42 Å². The van der Waals surface area contributed by atoms with E-state index in [2.05, 4.69) is 23.0 Å². The Balaban J connectivity index is 1.21. The standard InChI is InChI=1S/C25H26N4O2/c1-2-22-21(20-7-3-4-8-23(20)31-22)10-11-25(30)28-15-13-27(14-16-28)17-19-18-29-12-6-5-9-24(29)26-19/h3-12,18H,2,13-17H2,1H3/b11-10+. The van der Waals surface area contributed by atoms with Crippen LogP contribution in [-0.2, 0) is 17.8 Å². The number of benzene rings is 1. The Hall–Kier alpha value is -3.38. The molecule has 0 radical (unpaired) electrons. The van der Waals surface area contributed by atoms with Gasteiger partial charge < -0.3 is 13.7 Å². The minimum atomic E-state index is 0.0553. The topological polar surface area (TPSA) is 54.0 Å². The van der Waals surface area contributed by atoms with Crippen molar-refractivity contribution in [1.29, 1.82) is 0 Å². The molecular weight excluding hydrogens is 388 g/mol. The first-order valence-electron chi connectivity index (χ1n) is 10.8. The molecule has 0 unspecified atom stereocenters. The van der Waals surface area contributed by atoms with Crippen molar-refractivity contribution in [3.63, 3.8) is 0 Å². The zero-order chi connectivity index (χ0) is 21.2. The van der Waals surface area contributed by atoms with E-state index in [9.17, 15) is 4.79 Å². The third-order valence-corrected chi connectivity index (χ3v) is 5.91. The zero-order valence-electron chi connectivity index (χ0n) is 17.7. The van der Waals surface area contributed by atoms with Crippen LogP contribution >= 0.6 is 0 Å². The molecule has 0 spiro atoms. The number of pyridine rings is 1. The fourth-order valence-electron chi connectivity index (χ4n) is 4.24. The molecule has 6 heteroatoms. The van der Waals surface area contributed by atoms with Crippen molar-refractivity contribution < 1.29 is 9.21 Å². The maximum atomic E-state index is 12.8. The van der Waals surface area contributed by atoms with E-state index in [1.165, 1.54) is 0 Å². The van der Waals surface area contributed by atoms with Gasteiger partial charge in [0.1, 0.15) is 17.0 Å². The van der Waals surface area contributed by atoms with Crippen molar-refractivity contribution in [2.24, 2.45) is 0 Å². The number of imidazole rings is 1. The Labute approximate surface area is 181 Å². The number of aromatic nitrogens is 2. The minimum Gasteiger partial charge on any atom is -0.460 e. The van der Waals surface area contributed by atoms with E-state index in [0.29, 0.717) is 0 Å². The van der Waals surface area contributed by atoms with Crippen LogP contribution < -0.4 is 0 Å². The minimum absolute atomic E-state index is 0.0553. The number of para-hydroxylation sites is 1. The summed E-state index contributed by atoms with van der Waals surface area (Å²) >= 11 is 0. The van der Waals surface area contributed by atoms with Crippen LogP contribution in [0.1, 0.15) is 23.9 Å². The van der Waals surface area contributed by atoms with Crippen molar-refractivity contribution >= 4 is 28.6 Å². The monoisotopic (exact) mass is 414 g/mol. The summed E-state index contributed by atoms with van der Waals surface area (Å²) < 4.78 is 7.97. The molecule has 1 aliphatic rings. The largest absolute Gasteiger partial charge is 0.460 e. The van der Waals surface area contributed by atoms with E-state index in [1.807, 2.05) is 64.0 Å². The van der Waals surface area contributed by atoms with Gasteiger partial charge in [0.25, 0.3) is 0 Å². The Morgan fingerprint density at radius 2 is 1.90 bits per heavy atom. The Kier molecular flexibility index (Phi) is 5.30. The van der Waals surface area contributed by atoms with Crippen molar-refractivity contribution in [2.45, 2.75) is 19.9 Å². The second kappa shape index (κ2) is 8.40. The summed E-state index contributed by atoms with van der Waals surface area (Å²) in [5, 5.41) is 1.06. The summed E-state index contributed by atoms with van der Waals surface area (Å²) in [5.41, 5.74) is 3.91. The number of hydrogen-bond acceptors (Lipinski definition) is 4. The summed E-state index contributed by atoms with van der Waals surface area (Å²) in [7, 11) is 0. The van der Waals surface area contributed by atoms with Gasteiger partial charge in [-0.1, -0.05) is 31.2 Å². The predicted molar refractivity (Wildman–Crippen MR) is 122 cm³/mol. The normalized spacial score (nSPS) is 15.5. The Morgan fingerprint density at radius 3 is 2.71 bits per heavy atom. The highest BCUT2D eigenvalue weighted by Gasteiger charge is 2.20. The molecule has 0 atom stereocenters. The average Bonchev–Trinajstić information content (AvgIpc) is 3.38. The molecule has 4 aromatic rings. The van der Waals surface area contributed by atoms with Gasteiger partial charge in [0.15, 0.2) is 0 Å². The molecule has 1 fully saturated rings. The number of piperazine rings is 1. The van der Waals surface area contributed by atoms with E-state index < -0.39 is 0 Å². The predicted octanol–water partition coefficient (Wildman–Crippen LogP) is 4.00. The quantitative estimate of drug-likeness (QED) is 0.463. The van der Waals surface area contributed by atoms with Crippen LogP contribution in [0.25, 0.3) is 22.7 Å². The number of furan rings is 1. The van der Waals surface area contributed by atoms with Crippen molar-refractivity contribution in [1.82, 2.24) is 19.2 Å². The molecule has 0 N–H and O–H groups in total. The SMILES string of the molecule is CCc1oc2ccccc2c1/C=C/C(=O)N1CCN(Cc2cn3ccccc3n2)CC1. The molecule has 158 valence electrons. The second-order valence-corrected chi connectivity index (χ2v) is 7.92.